The van der Waals surface area contributed by atoms with Crippen molar-refractivity contribution in [2.24, 2.45) is 0 Å². The van der Waals surface area contributed by atoms with Crippen LogP contribution in [0.1, 0.15) is 29.4 Å². The van der Waals surface area contributed by atoms with Crippen LogP contribution in [-0.2, 0) is 9.84 Å². The van der Waals surface area contributed by atoms with Crippen molar-refractivity contribution in [1.82, 2.24) is 4.98 Å². The standard InChI is InChI=1S/C18H17NO2S2/c20-23(21)11-2-1-5-18(23)17-9-8-16(22-17)14-6-7-15-13(12-14)4-3-10-19-15/h3-4,6-10,12,18H,1-2,5,11H2/t18-/m0/s1. The lowest BCUT2D eigenvalue weighted by atomic mass is 10.1. The number of thiophene rings is 1. The normalized spacial score (nSPS) is 20.6. The summed E-state index contributed by atoms with van der Waals surface area (Å²) < 4.78 is 24.6. The number of fused-ring (bicyclic) bond motifs is 1. The molecule has 1 aromatic carbocycles. The van der Waals surface area contributed by atoms with E-state index in [1.807, 2.05) is 30.3 Å². The van der Waals surface area contributed by atoms with E-state index in [-0.39, 0.29) is 5.25 Å². The number of nitrogens with zero attached hydrogens (tertiary/aromatic N) is 1. The van der Waals surface area contributed by atoms with E-state index in [1.54, 1.807) is 17.5 Å². The van der Waals surface area contributed by atoms with Crippen molar-refractivity contribution in [3.63, 3.8) is 0 Å². The van der Waals surface area contributed by atoms with E-state index < -0.39 is 9.84 Å². The Balaban J connectivity index is 1.71. The highest BCUT2D eigenvalue weighted by molar-refractivity contribution is 7.91. The van der Waals surface area contributed by atoms with Crippen molar-refractivity contribution in [3.8, 4) is 10.4 Å². The summed E-state index contributed by atoms with van der Waals surface area (Å²) in [6, 6.07) is 14.2. The van der Waals surface area contributed by atoms with E-state index in [4.69, 9.17) is 0 Å². The van der Waals surface area contributed by atoms with Gasteiger partial charge in [-0.1, -0.05) is 18.6 Å². The average Bonchev–Trinajstić information content (AvgIpc) is 3.03. The van der Waals surface area contributed by atoms with Gasteiger partial charge in [-0.25, -0.2) is 8.42 Å². The summed E-state index contributed by atoms with van der Waals surface area (Å²) in [6.07, 6.45) is 4.34. The van der Waals surface area contributed by atoms with Gasteiger partial charge < -0.3 is 0 Å². The molecule has 0 saturated carbocycles. The van der Waals surface area contributed by atoms with E-state index in [1.165, 1.54) is 0 Å². The fourth-order valence-corrected chi connectivity index (χ4v) is 6.64. The predicted octanol–water partition coefficient (Wildman–Crippen LogP) is 4.60. The smallest absolute Gasteiger partial charge is 0.158 e. The van der Waals surface area contributed by atoms with Crippen LogP contribution in [0.5, 0.6) is 0 Å². The molecule has 0 bridgehead atoms. The molecule has 1 saturated heterocycles. The third-order valence-corrected chi connectivity index (χ3v) is 8.02. The number of aromatic nitrogens is 1. The minimum Gasteiger partial charge on any atom is -0.256 e. The van der Waals surface area contributed by atoms with Gasteiger partial charge in [0.15, 0.2) is 9.84 Å². The molecule has 0 aliphatic carbocycles. The van der Waals surface area contributed by atoms with Crippen molar-refractivity contribution in [2.45, 2.75) is 24.5 Å². The average molecular weight is 343 g/mol. The SMILES string of the molecule is O=S1(=O)CCCC[C@H]1c1ccc(-c2ccc3ncccc3c2)s1. The summed E-state index contributed by atoms with van der Waals surface area (Å²) in [5, 5.41) is 0.794. The van der Waals surface area contributed by atoms with Crippen molar-refractivity contribution in [1.29, 1.82) is 0 Å². The Morgan fingerprint density at radius 2 is 2.00 bits per heavy atom. The number of pyridine rings is 1. The van der Waals surface area contributed by atoms with Gasteiger partial charge in [0.25, 0.3) is 0 Å². The molecule has 0 spiro atoms. The molecule has 3 heterocycles. The molecule has 0 amide bonds. The Labute approximate surface area is 139 Å². The van der Waals surface area contributed by atoms with Crippen molar-refractivity contribution < 1.29 is 8.42 Å². The number of hydrogen-bond donors (Lipinski definition) is 0. The first kappa shape index (κ1) is 14.8. The Morgan fingerprint density at radius 1 is 1.09 bits per heavy atom. The van der Waals surface area contributed by atoms with Gasteiger partial charge >= 0.3 is 0 Å². The monoisotopic (exact) mass is 343 g/mol. The molecule has 1 atom stereocenters. The number of benzene rings is 1. The molecule has 4 rings (SSSR count). The second-order valence-corrected chi connectivity index (χ2v) is 9.38. The van der Waals surface area contributed by atoms with Gasteiger partial charge in [-0.3, -0.25) is 4.98 Å². The van der Waals surface area contributed by atoms with Crippen LogP contribution in [0.2, 0.25) is 0 Å². The van der Waals surface area contributed by atoms with Crippen molar-refractivity contribution >= 4 is 32.1 Å². The molecular weight excluding hydrogens is 326 g/mol. The molecule has 118 valence electrons. The Morgan fingerprint density at radius 3 is 2.87 bits per heavy atom. The highest BCUT2D eigenvalue weighted by atomic mass is 32.2. The van der Waals surface area contributed by atoms with Crippen molar-refractivity contribution in [2.75, 3.05) is 5.75 Å². The molecule has 3 aromatic rings. The lowest BCUT2D eigenvalue weighted by Crippen LogP contribution is -2.20. The van der Waals surface area contributed by atoms with Gasteiger partial charge in [0.05, 0.1) is 16.5 Å². The summed E-state index contributed by atoms with van der Waals surface area (Å²) >= 11 is 1.60. The Kier molecular flexibility index (Phi) is 3.70. The third kappa shape index (κ3) is 2.79. The van der Waals surface area contributed by atoms with Gasteiger partial charge in [-0.15, -0.1) is 11.3 Å². The van der Waals surface area contributed by atoms with Gasteiger partial charge in [-0.05, 0) is 48.7 Å². The van der Waals surface area contributed by atoms with Gasteiger partial charge in [0, 0.05) is 21.3 Å². The molecule has 0 radical (unpaired) electrons. The number of sulfone groups is 1. The molecule has 3 nitrogen and oxygen atoms in total. The minimum atomic E-state index is -2.98. The first-order chi connectivity index (χ1) is 11.1. The van der Waals surface area contributed by atoms with E-state index >= 15 is 0 Å². The van der Waals surface area contributed by atoms with Crippen LogP contribution in [0.15, 0.2) is 48.7 Å². The molecule has 5 heteroatoms. The van der Waals surface area contributed by atoms with Crippen LogP contribution in [0, 0.1) is 0 Å². The fourth-order valence-electron chi connectivity index (χ4n) is 3.18. The van der Waals surface area contributed by atoms with E-state index in [0.29, 0.717) is 5.75 Å². The first-order valence-corrected chi connectivity index (χ1v) is 10.3. The highest BCUT2D eigenvalue weighted by Crippen LogP contribution is 2.40. The topological polar surface area (TPSA) is 47.0 Å². The Hall–Kier alpha value is -1.72. The predicted molar refractivity (Wildman–Crippen MR) is 95.4 cm³/mol. The van der Waals surface area contributed by atoms with Gasteiger partial charge in [-0.2, -0.15) is 0 Å². The molecule has 23 heavy (non-hydrogen) atoms. The van der Waals surface area contributed by atoms with Crippen LogP contribution >= 0.6 is 11.3 Å². The van der Waals surface area contributed by atoms with Gasteiger partial charge in [0.1, 0.15) is 0 Å². The second-order valence-electron chi connectivity index (χ2n) is 5.96. The minimum absolute atomic E-state index is 0.308. The molecular formula is C18H17NO2S2. The number of hydrogen-bond acceptors (Lipinski definition) is 4. The largest absolute Gasteiger partial charge is 0.256 e. The maximum absolute atomic E-state index is 12.3. The van der Waals surface area contributed by atoms with Crippen LogP contribution in [0.4, 0.5) is 0 Å². The lowest BCUT2D eigenvalue weighted by Gasteiger charge is -2.20. The number of rotatable bonds is 2. The maximum atomic E-state index is 12.3. The quantitative estimate of drug-likeness (QED) is 0.683. The zero-order valence-electron chi connectivity index (χ0n) is 12.6. The molecule has 1 fully saturated rings. The molecule has 0 unspecified atom stereocenters. The maximum Gasteiger partial charge on any atom is 0.158 e. The van der Waals surface area contributed by atoms with Crippen LogP contribution in [-0.4, -0.2) is 19.2 Å². The van der Waals surface area contributed by atoms with Crippen molar-refractivity contribution in [3.05, 3.63) is 53.5 Å². The fraction of sp³-hybridized carbons (Fsp3) is 0.278. The Bertz CT molecular complexity index is 960. The molecule has 2 aromatic heterocycles. The first-order valence-electron chi connectivity index (χ1n) is 7.80. The summed E-state index contributed by atoms with van der Waals surface area (Å²) in [6.45, 7) is 0. The van der Waals surface area contributed by atoms with Crippen LogP contribution in [0.3, 0.4) is 0 Å². The van der Waals surface area contributed by atoms with E-state index in [2.05, 4.69) is 17.1 Å². The zero-order chi connectivity index (χ0) is 15.9. The molecule has 1 aliphatic rings. The lowest BCUT2D eigenvalue weighted by molar-refractivity contribution is 0.548. The van der Waals surface area contributed by atoms with Crippen LogP contribution < -0.4 is 0 Å². The van der Waals surface area contributed by atoms with Crippen LogP contribution in [0.25, 0.3) is 21.3 Å². The van der Waals surface area contributed by atoms with E-state index in [0.717, 1.165) is 45.5 Å². The molecule has 1 aliphatic heterocycles. The third-order valence-electron chi connectivity index (χ3n) is 4.41. The van der Waals surface area contributed by atoms with E-state index in [9.17, 15) is 8.42 Å². The van der Waals surface area contributed by atoms with Gasteiger partial charge in [0.2, 0.25) is 0 Å². The summed E-state index contributed by atoms with van der Waals surface area (Å²) in [5.74, 6) is 0.326. The summed E-state index contributed by atoms with van der Waals surface area (Å²) in [4.78, 5) is 6.43. The summed E-state index contributed by atoms with van der Waals surface area (Å²) in [5.41, 5.74) is 2.10. The highest BCUT2D eigenvalue weighted by Gasteiger charge is 2.31. The zero-order valence-corrected chi connectivity index (χ0v) is 14.2. The second kappa shape index (κ2) is 5.73. The molecule has 0 N–H and O–H groups in total. The summed E-state index contributed by atoms with van der Waals surface area (Å²) in [7, 11) is -2.98.